The van der Waals surface area contributed by atoms with Gasteiger partial charge in [0.2, 0.25) is 0 Å². The third-order valence-electron chi connectivity index (χ3n) is 3.03. The van der Waals surface area contributed by atoms with Crippen molar-refractivity contribution in [2.24, 2.45) is 10.2 Å². The maximum Gasteiger partial charge on any atom is 0.147 e. The predicted molar refractivity (Wildman–Crippen MR) is 81.3 cm³/mol. The molecular formula is C16H18N2O3. The van der Waals surface area contributed by atoms with E-state index in [4.69, 9.17) is 9.47 Å². The molecule has 110 valence electrons. The Morgan fingerprint density at radius 3 is 2.14 bits per heavy atom. The van der Waals surface area contributed by atoms with Crippen molar-refractivity contribution in [3.63, 3.8) is 0 Å². The van der Waals surface area contributed by atoms with Gasteiger partial charge in [0.25, 0.3) is 0 Å². The quantitative estimate of drug-likeness (QED) is 0.845. The second kappa shape index (κ2) is 6.26. The molecule has 0 fully saturated rings. The van der Waals surface area contributed by atoms with Crippen LogP contribution in [0.4, 0.5) is 11.4 Å². The summed E-state index contributed by atoms with van der Waals surface area (Å²) in [6.45, 7) is 3.80. The smallest absolute Gasteiger partial charge is 0.147 e. The monoisotopic (exact) mass is 286 g/mol. The minimum atomic E-state index is 0.0372. The molecule has 1 N–H and O–H groups in total. The zero-order chi connectivity index (χ0) is 15.4. The molecule has 0 atom stereocenters. The number of ether oxygens (including phenoxy) is 2. The van der Waals surface area contributed by atoms with E-state index in [1.807, 2.05) is 26.0 Å². The Labute approximate surface area is 123 Å². The van der Waals surface area contributed by atoms with Crippen LogP contribution in [0.2, 0.25) is 0 Å². The first-order valence-electron chi connectivity index (χ1n) is 6.48. The molecule has 0 bridgehead atoms. The van der Waals surface area contributed by atoms with Gasteiger partial charge >= 0.3 is 0 Å². The van der Waals surface area contributed by atoms with Crippen molar-refractivity contribution < 1.29 is 14.6 Å². The number of aryl methyl sites for hydroxylation is 2. The highest BCUT2D eigenvalue weighted by Gasteiger charge is 2.07. The summed E-state index contributed by atoms with van der Waals surface area (Å²) in [5.41, 5.74) is 2.91. The van der Waals surface area contributed by atoms with Gasteiger partial charge < -0.3 is 14.6 Å². The molecule has 0 heterocycles. The Kier molecular flexibility index (Phi) is 4.42. The van der Waals surface area contributed by atoms with Gasteiger partial charge in [-0.2, -0.15) is 5.11 Å². The molecule has 2 rings (SSSR count). The molecule has 0 radical (unpaired) electrons. The third-order valence-corrected chi connectivity index (χ3v) is 3.03. The summed E-state index contributed by atoms with van der Waals surface area (Å²) >= 11 is 0. The lowest BCUT2D eigenvalue weighted by molar-refractivity contribution is 0.407. The molecule has 0 saturated heterocycles. The van der Waals surface area contributed by atoms with Gasteiger partial charge in [0.1, 0.15) is 22.9 Å². The fourth-order valence-electron chi connectivity index (χ4n) is 1.99. The Bertz CT molecular complexity index is 658. The van der Waals surface area contributed by atoms with Crippen LogP contribution in [0.1, 0.15) is 11.1 Å². The number of phenolic OH excluding ortho intramolecular Hbond substituents is 1. The van der Waals surface area contributed by atoms with E-state index in [1.54, 1.807) is 26.4 Å². The van der Waals surface area contributed by atoms with E-state index in [9.17, 15) is 5.11 Å². The minimum Gasteiger partial charge on any atom is -0.505 e. The standard InChI is InChI=1S/C16H18N2O3/c1-10-5-12(8-13(6-10)20-3)17-18-16-11(2)7-14(21-4)9-15(16)19/h5-9,19H,1-4H3. The molecule has 0 saturated carbocycles. The molecule has 21 heavy (non-hydrogen) atoms. The minimum absolute atomic E-state index is 0.0372. The molecule has 0 aliphatic carbocycles. The van der Waals surface area contributed by atoms with Gasteiger partial charge in [-0.15, -0.1) is 5.11 Å². The summed E-state index contributed by atoms with van der Waals surface area (Å²) in [6, 6.07) is 8.90. The molecule has 0 spiro atoms. The Morgan fingerprint density at radius 2 is 1.52 bits per heavy atom. The van der Waals surface area contributed by atoms with E-state index < -0.39 is 0 Å². The summed E-state index contributed by atoms with van der Waals surface area (Å²) in [5.74, 6) is 1.34. The molecule has 5 nitrogen and oxygen atoms in total. The van der Waals surface area contributed by atoms with Crippen LogP contribution in [0, 0.1) is 13.8 Å². The Hall–Kier alpha value is -2.56. The topological polar surface area (TPSA) is 63.4 Å². The Balaban J connectivity index is 2.35. The van der Waals surface area contributed by atoms with Crippen molar-refractivity contribution in [2.45, 2.75) is 13.8 Å². The first-order valence-corrected chi connectivity index (χ1v) is 6.48. The SMILES string of the molecule is COc1cc(C)cc(N=Nc2c(C)cc(OC)cc2O)c1. The summed E-state index contributed by atoms with van der Waals surface area (Å²) in [5, 5.41) is 18.3. The van der Waals surface area contributed by atoms with Gasteiger partial charge in [-0.05, 0) is 43.2 Å². The van der Waals surface area contributed by atoms with E-state index in [0.717, 1.165) is 16.9 Å². The zero-order valence-electron chi connectivity index (χ0n) is 12.5. The number of azo groups is 1. The van der Waals surface area contributed by atoms with Crippen LogP contribution in [-0.2, 0) is 0 Å². The van der Waals surface area contributed by atoms with Crippen LogP contribution in [0.5, 0.6) is 17.2 Å². The molecule has 0 amide bonds. The average Bonchev–Trinajstić information content (AvgIpc) is 2.45. The van der Waals surface area contributed by atoms with E-state index in [-0.39, 0.29) is 5.75 Å². The highest BCUT2D eigenvalue weighted by Crippen LogP contribution is 2.36. The molecule has 0 aliphatic rings. The molecule has 2 aromatic carbocycles. The lowest BCUT2D eigenvalue weighted by atomic mass is 10.2. The van der Waals surface area contributed by atoms with Crippen LogP contribution in [0.15, 0.2) is 40.6 Å². The van der Waals surface area contributed by atoms with Crippen molar-refractivity contribution >= 4 is 11.4 Å². The first-order chi connectivity index (χ1) is 10.0. The summed E-state index contributed by atoms with van der Waals surface area (Å²) in [6.07, 6.45) is 0. The molecule has 0 aromatic heterocycles. The van der Waals surface area contributed by atoms with E-state index >= 15 is 0 Å². The Morgan fingerprint density at radius 1 is 0.857 bits per heavy atom. The number of phenols is 1. The highest BCUT2D eigenvalue weighted by atomic mass is 16.5. The van der Waals surface area contributed by atoms with Gasteiger partial charge in [-0.25, -0.2) is 0 Å². The number of methoxy groups -OCH3 is 2. The lowest BCUT2D eigenvalue weighted by Crippen LogP contribution is -1.84. The summed E-state index contributed by atoms with van der Waals surface area (Å²) in [7, 11) is 3.16. The van der Waals surface area contributed by atoms with Gasteiger partial charge in [-0.3, -0.25) is 0 Å². The maximum absolute atomic E-state index is 9.98. The van der Waals surface area contributed by atoms with Gasteiger partial charge in [0, 0.05) is 12.1 Å². The van der Waals surface area contributed by atoms with Crippen molar-refractivity contribution in [1.82, 2.24) is 0 Å². The predicted octanol–water partition coefficient (Wildman–Crippen LogP) is 4.44. The third kappa shape index (κ3) is 3.51. The average molecular weight is 286 g/mol. The van der Waals surface area contributed by atoms with Crippen LogP contribution in [-0.4, -0.2) is 19.3 Å². The number of rotatable bonds is 4. The number of aromatic hydroxyl groups is 1. The summed E-state index contributed by atoms with van der Waals surface area (Å²) in [4.78, 5) is 0. The molecule has 0 unspecified atom stereocenters. The number of hydrogen-bond acceptors (Lipinski definition) is 5. The van der Waals surface area contributed by atoms with Gasteiger partial charge in [0.05, 0.1) is 19.9 Å². The van der Waals surface area contributed by atoms with Crippen LogP contribution >= 0.6 is 0 Å². The largest absolute Gasteiger partial charge is 0.505 e. The van der Waals surface area contributed by atoms with Crippen molar-refractivity contribution in [3.05, 3.63) is 41.5 Å². The zero-order valence-corrected chi connectivity index (χ0v) is 12.5. The fraction of sp³-hybridized carbons (Fsp3) is 0.250. The second-order valence-corrected chi connectivity index (χ2v) is 4.72. The van der Waals surface area contributed by atoms with Crippen molar-refractivity contribution in [2.75, 3.05) is 14.2 Å². The van der Waals surface area contributed by atoms with E-state index in [0.29, 0.717) is 17.1 Å². The number of benzene rings is 2. The number of hydrogen-bond donors (Lipinski definition) is 1. The van der Waals surface area contributed by atoms with Gasteiger partial charge in [-0.1, -0.05) is 0 Å². The second-order valence-electron chi connectivity index (χ2n) is 4.72. The highest BCUT2D eigenvalue weighted by molar-refractivity contribution is 5.60. The number of nitrogens with zero attached hydrogens (tertiary/aromatic N) is 2. The molecule has 5 heteroatoms. The fourth-order valence-corrected chi connectivity index (χ4v) is 1.99. The molecular weight excluding hydrogens is 268 g/mol. The van der Waals surface area contributed by atoms with Crippen molar-refractivity contribution in [3.8, 4) is 17.2 Å². The molecule has 0 aliphatic heterocycles. The van der Waals surface area contributed by atoms with E-state index in [1.165, 1.54) is 6.07 Å². The lowest BCUT2D eigenvalue weighted by Gasteiger charge is -2.06. The van der Waals surface area contributed by atoms with Crippen LogP contribution in [0.3, 0.4) is 0 Å². The van der Waals surface area contributed by atoms with Gasteiger partial charge in [0.15, 0.2) is 0 Å². The van der Waals surface area contributed by atoms with Crippen LogP contribution < -0.4 is 9.47 Å². The van der Waals surface area contributed by atoms with Crippen molar-refractivity contribution in [1.29, 1.82) is 0 Å². The first kappa shape index (κ1) is 14.8. The summed E-state index contributed by atoms with van der Waals surface area (Å²) < 4.78 is 10.3. The molecule has 2 aromatic rings. The maximum atomic E-state index is 9.98. The van der Waals surface area contributed by atoms with Crippen LogP contribution in [0.25, 0.3) is 0 Å². The normalized spacial score (nSPS) is 10.9. The van der Waals surface area contributed by atoms with E-state index in [2.05, 4.69) is 10.2 Å².